The first-order chi connectivity index (χ1) is 13.6. The monoisotopic (exact) mass is 397 g/mol. The third kappa shape index (κ3) is 3.99. The van der Waals surface area contributed by atoms with Gasteiger partial charge in [0, 0.05) is 13.1 Å². The van der Waals surface area contributed by atoms with E-state index in [0.29, 0.717) is 11.4 Å². The zero-order chi connectivity index (χ0) is 19.5. The van der Waals surface area contributed by atoms with Gasteiger partial charge in [0.05, 0.1) is 21.1 Å². The van der Waals surface area contributed by atoms with Crippen LogP contribution in [0.3, 0.4) is 0 Å². The van der Waals surface area contributed by atoms with Crippen LogP contribution in [-0.2, 0) is 13.1 Å². The minimum absolute atomic E-state index is 0.274. The van der Waals surface area contributed by atoms with E-state index in [-0.39, 0.29) is 6.79 Å². The molecule has 0 saturated carbocycles. The van der Waals surface area contributed by atoms with Crippen molar-refractivity contribution in [1.82, 2.24) is 15.4 Å². The molecule has 1 amide bonds. The van der Waals surface area contributed by atoms with Gasteiger partial charge >= 0.3 is 0 Å². The molecule has 2 aromatic heterocycles. The molecule has 1 aliphatic heterocycles. The summed E-state index contributed by atoms with van der Waals surface area (Å²) >= 11 is 1.29. The van der Waals surface area contributed by atoms with Crippen molar-refractivity contribution in [3.63, 3.8) is 0 Å². The van der Waals surface area contributed by atoms with Gasteiger partial charge in [-0.05, 0) is 49.0 Å². The molecule has 0 radical (unpaired) electrons. The number of aromatic nitrogens is 1. The lowest BCUT2D eigenvalue weighted by Gasteiger charge is -2.17. The molecule has 28 heavy (non-hydrogen) atoms. The first-order valence-electron chi connectivity index (χ1n) is 8.70. The number of ether oxygens (including phenoxy) is 2. The number of benzene rings is 1. The van der Waals surface area contributed by atoms with Gasteiger partial charge in [0.25, 0.3) is 5.91 Å². The average molecular weight is 397 g/mol. The summed E-state index contributed by atoms with van der Waals surface area (Å²) in [5.74, 6) is 1.05. The molecule has 1 aliphatic rings. The van der Waals surface area contributed by atoms with Gasteiger partial charge < -0.3 is 9.47 Å². The lowest BCUT2D eigenvalue weighted by molar-refractivity contribution is 0.0711. The molecule has 0 fully saturated rings. The number of thiophene rings is 1. The Labute approximate surface area is 166 Å². The summed E-state index contributed by atoms with van der Waals surface area (Å²) in [6.07, 6.45) is 0. The van der Waals surface area contributed by atoms with Crippen LogP contribution in [0, 0.1) is 0 Å². The van der Waals surface area contributed by atoms with E-state index in [4.69, 9.17) is 19.7 Å². The van der Waals surface area contributed by atoms with Crippen molar-refractivity contribution in [1.29, 1.82) is 0 Å². The Balaban J connectivity index is 1.44. The molecule has 8 heteroatoms. The molecule has 2 N–H and O–H groups in total. The van der Waals surface area contributed by atoms with E-state index in [1.54, 1.807) is 11.5 Å². The number of carbonyl (C=O) groups excluding carboxylic acids is 1. The summed E-state index contributed by atoms with van der Waals surface area (Å²) in [7, 11) is 2.04. The lowest BCUT2D eigenvalue weighted by Crippen LogP contribution is -2.18. The molecule has 0 spiro atoms. The van der Waals surface area contributed by atoms with Gasteiger partial charge in [-0.1, -0.05) is 12.1 Å². The van der Waals surface area contributed by atoms with Crippen molar-refractivity contribution in [3.8, 4) is 22.1 Å². The summed E-state index contributed by atoms with van der Waals surface area (Å²) in [6, 6.07) is 15.3. The predicted octanol–water partition coefficient (Wildman–Crippen LogP) is 3.29. The average Bonchev–Trinajstić information content (AvgIpc) is 3.36. The van der Waals surface area contributed by atoms with Gasteiger partial charge in [0.1, 0.15) is 0 Å². The summed E-state index contributed by atoms with van der Waals surface area (Å²) in [6.45, 7) is 1.70. The lowest BCUT2D eigenvalue weighted by atomic mass is 10.2. The first kappa shape index (κ1) is 18.4. The van der Waals surface area contributed by atoms with E-state index in [1.165, 1.54) is 11.3 Å². The normalized spacial score (nSPS) is 12.4. The molecule has 1 aromatic carbocycles. The van der Waals surface area contributed by atoms with E-state index in [2.05, 4.69) is 4.90 Å². The molecule has 3 heterocycles. The van der Waals surface area contributed by atoms with Crippen molar-refractivity contribution in [2.45, 2.75) is 13.1 Å². The van der Waals surface area contributed by atoms with Crippen LogP contribution in [0.25, 0.3) is 10.6 Å². The highest BCUT2D eigenvalue weighted by atomic mass is 32.1. The number of amides is 1. The van der Waals surface area contributed by atoms with Crippen molar-refractivity contribution < 1.29 is 19.5 Å². The Kier molecular flexibility index (Phi) is 5.25. The van der Waals surface area contributed by atoms with E-state index in [0.717, 1.165) is 39.9 Å². The van der Waals surface area contributed by atoms with Crippen LogP contribution in [0.15, 0.2) is 48.5 Å². The van der Waals surface area contributed by atoms with Gasteiger partial charge in [-0.2, -0.15) is 0 Å². The third-order valence-electron chi connectivity index (χ3n) is 4.31. The summed E-state index contributed by atoms with van der Waals surface area (Å²) in [4.78, 5) is 19.7. The number of rotatable bonds is 6. The highest BCUT2D eigenvalue weighted by Crippen LogP contribution is 2.33. The highest BCUT2D eigenvalue weighted by molar-refractivity contribution is 7.17. The zero-order valence-electron chi connectivity index (χ0n) is 15.2. The summed E-state index contributed by atoms with van der Waals surface area (Å²) in [5.41, 5.74) is 4.52. The fraction of sp³-hybridized carbons (Fsp3) is 0.200. The summed E-state index contributed by atoms with van der Waals surface area (Å²) in [5, 5.41) is 8.76. The van der Waals surface area contributed by atoms with Crippen LogP contribution in [0.2, 0.25) is 0 Å². The molecule has 0 saturated heterocycles. The first-order valence-corrected chi connectivity index (χ1v) is 9.51. The highest BCUT2D eigenvalue weighted by Gasteiger charge is 2.14. The van der Waals surface area contributed by atoms with Crippen LogP contribution in [0.5, 0.6) is 11.5 Å². The Morgan fingerprint density at radius 2 is 2.04 bits per heavy atom. The number of hydrogen-bond donors (Lipinski definition) is 2. The second kappa shape index (κ2) is 7.97. The van der Waals surface area contributed by atoms with E-state index < -0.39 is 5.91 Å². The maximum Gasteiger partial charge on any atom is 0.284 e. The second-order valence-corrected chi connectivity index (χ2v) is 7.56. The Bertz CT molecular complexity index is 1000. The van der Waals surface area contributed by atoms with Crippen LogP contribution in [0.4, 0.5) is 0 Å². The standard InChI is InChI=1S/C20H19N3O4S/c1-23(10-13-5-6-16-17(9-13)27-12-26-16)11-14-3-2-4-15(21-14)18-7-8-19(28-18)20(24)22-25/h2-9,25H,10-12H2,1H3,(H,22,24). The van der Waals surface area contributed by atoms with Crippen molar-refractivity contribution in [2.24, 2.45) is 0 Å². The van der Waals surface area contributed by atoms with E-state index in [1.807, 2.05) is 49.5 Å². The number of fused-ring (bicyclic) bond motifs is 1. The van der Waals surface area contributed by atoms with Gasteiger partial charge in [0.15, 0.2) is 11.5 Å². The molecule has 0 atom stereocenters. The maximum absolute atomic E-state index is 11.5. The van der Waals surface area contributed by atoms with Crippen molar-refractivity contribution in [3.05, 3.63) is 64.7 Å². The van der Waals surface area contributed by atoms with Crippen LogP contribution < -0.4 is 15.0 Å². The molecule has 0 unspecified atom stereocenters. The number of carbonyl (C=O) groups is 1. The smallest absolute Gasteiger partial charge is 0.284 e. The maximum atomic E-state index is 11.5. The molecule has 4 rings (SSSR count). The van der Waals surface area contributed by atoms with Gasteiger partial charge in [-0.3, -0.25) is 19.9 Å². The molecular formula is C20H19N3O4S. The SMILES string of the molecule is CN(Cc1ccc2c(c1)OCO2)Cc1cccc(-c2ccc(C(=O)NO)s2)n1. The van der Waals surface area contributed by atoms with Crippen LogP contribution in [0.1, 0.15) is 20.9 Å². The molecular weight excluding hydrogens is 378 g/mol. The van der Waals surface area contributed by atoms with E-state index >= 15 is 0 Å². The van der Waals surface area contributed by atoms with E-state index in [9.17, 15) is 4.79 Å². The fourth-order valence-corrected chi connectivity index (χ4v) is 3.91. The minimum atomic E-state index is -0.518. The predicted molar refractivity (Wildman–Crippen MR) is 105 cm³/mol. The van der Waals surface area contributed by atoms with Crippen LogP contribution in [-0.4, -0.2) is 34.8 Å². The fourth-order valence-electron chi connectivity index (χ4n) is 3.04. The number of nitrogens with zero attached hydrogens (tertiary/aromatic N) is 2. The number of nitrogens with one attached hydrogen (secondary N) is 1. The Morgan fingerprint density at radius 1 is 1.18 bits per heavy atom. The van der Waals surface area contributed by atoms with Crippen molar-refractivity contribution >= 4 is 17.2 Å². The number of hydrogen-bond acceptors (Lipinski definition) is 7. The Hall–Kier alpha value is -2.94. The van der Waals surface area contributed by atoms with Gasteiger partial charge in [-0.15, -0.1) is 11.3 Å². The topological polar surface area (TPSA) is 83.9 Å². The Morgan fingerprint density at radius 3 is 2.89 bits per heavy atom. The quantitative estimate of drug-likeness (QED) is 0.491. The largest absolute Gasteiger partial charge is 0.454 e. The molecule has 7 nitrogen and oxygen atoms in total. The number of hydroxylamine groups is 1. The minimum Gasteiger partial charge on any atom is -0.454 e. The number of pyridine rings is 1. The summed E-state index contributed by atoms with van der Waals surface area (Å²) < 4.78 is 10.8. The third-order valence-corrected chi connectivity index (χ3v) is 5.42. The molecule has 0 aliphatic carbocycles. The zero-order valence-corrected chi connectivity index (χ0v) is 16.0. The van der Waals surface area contributed by atoms with Crippen molar-refractivity contribution in [2.75, 3.05) is 13.8 Å². The van der Waals surface area contributed by atoms with Gasteiger partial charge in [0.2, 0.25) is 6.79 Å². The molecule has 144 valence electrons. The second-order valence-electron chi connectivity index (χ2n) is 6.48. The van der Waals surface area contributed by atoms with Gasteiger partial charge in [-0.25, -0.2) is 5.48 Å². The molecule has 3 aromatic rings. The molecule has 0 bridgehead atoms. The van der Waals surface area contributed by atoms with Crippen LogP contribution >= 0.6 is 11.3 Å².